The number of fused-ring (bicyclic) bond motifs is 3. The van der Waals surface area contributed by atoms with Crippen LogP contribution >= 0.6 is 11.6 Å². The van der Waals surface area contributed by atoms with Crippen molar-refractivity contribution in [3.63, 3.8) is 0 Å². The molecule has 0 saturated heterocycles. The molecule has 2 aromatic heterocycles. The van der Waals surface area contributed by atoms with Gasteiger partial charge in [0.05, 0.1) is 35.3 Å². The summed E-state index contributed by atoms with van der Waals surface area (Å²) >= 11 is 6.00. The number of pyridine rings is 1. The number of rotatable bonds is 3. The molecule has 0 amide bonds. The SMILES string of the molecule is CC(C)(O)Cn1c(CCl)nc2cnc3ccccc3c21. The summed E-state index contributed by atoms with van der Waals surface area (Å²) in [5, 5.41) is 11.2. The van der Waals surface area contributed by atoms with E-state index in [9.17, 15) is 5.11 Å². The van der Waals surface area contributed by atoms with Crippen molar-refractivity contribution in [1.82, 2.24) is 14.5 Å². The van der Waals surface area contributed by atoms with Crippen LogP contribution in [0, 0.1) is 0 Å². The Hall–Kier alpha value is -1.65. The number of halogens is 1. The first kappa shape index (κ1) is 13.3. The van der Waals surface area contributed by atoms with Crippen LogP contribution in [0.25, 0.3) is 21.9 Å². The zero-order valence-corrected chi connectivity index (χ0v) is 12.2. The van der Waals surface area contributed by atoms with Crippen LogP contribution in [0.15, 0.2) is 30.5 Å². The second kappa shape index (κ2) is 4.72. The van der Waals surface area contributed by atoms with Crippen molar-refractivity contribution < 1.29 is 5.11 Å². The zero-order chi connectivity index (χ0) is 14.3. The average molecular weight is 290 g/mol. The second-order valence-electron chi connectivity index (χ2n) is 5.57. The van der Waals surface area contributed by atoms with E-state index in [1.165, 1.54) is 0 Å². The first-order valence-electron chi connectivity index (χ1n) is 6.51. The molecule has 20 heavy (non-hydrogen) atoms. The van der Waals surface area contributed by atoms with Gasteiger partial charge >= 0.3 is 0 Å². The van der Waals surface area contributed by atoms with Crippen molar-refractivity contribution >= 4 is 33.5 Å². The average Bonchev–Trinajstić information content (AvgIpc) is 2.75. The Bertz CT molecular complexity index is 774. The smallest absolute Gasteiger partial charge is 0.125 e. The molecule has 1 N–H and O–H groups in total. The molecule has 0 radical (unpaired) electrons. The van der Waals surface area contributed by atoms with E-state index in [0.717, 1.165) is 27.8 Å². The molecule has 5 heteroatoms. The number of benzene rings is 1. The van der Waals surface area contributed by atoms with E-state index in [1.54, 1.807) is 20.0 Å². The van der Waals surface area contributed by atoms with Gasteiger partial charge in [-0.15, -0.1) is 11.6 Å². The minimum atomic E-state index is -0.835. The first-order chi connectivity index (χ1) is 9.49. The summed E-state index contributed by atoms with van der Waals surface area (Å²) in [6.45, 7) is 4.00. The molecule has 0 unspecified atom stereocenters. The number of para-hydroxylation sites is 1. The minimum absolute atomic E-state index is 0.305. The summed E-state index contributed by atoms with van der Waals surface area (Å²) in [5.74, 6) is 1.06. The van der Waals surface area contributed by atoms with Crippen molar-refractivity contribution in [2.24, 2.45) is 0 Å². The molecule has 1 aromatic carbocycles. The maximum atomic E-state index is 10.1. The fourth-order valence-electron chi connectivity index (χ4n) is 2.47. The third-order valence-corrected chi connectivity index (χ3v) is 3.46. The predicted octanol–water partition coefficient (Wildman–Crippen LogP) is 3.09. The van der Waals surface area contributed by atoms with Gasteiger partial charge in [0.2, 0.25) is 0 Å². The van der Waals surface area contributed by atoms with Gasteiger partial charge in [-0.1, -0.05) is 18.2 Å². The fraction of sp³-hybridized carbons (Fsp3) is 0.333. The Labute approximate surface area is 122 Å². The normalized spacial score (nSPS) is 12.4. The second-order valence-corrected chi connectivity index (χ2v) is 5.84. The largest absolute Gasteiger partial charge is 0.389 e. The predicted molar refractivity (Wildman–Crippen MR) is 80.9 cm³/mol. The van der Waals surface area contributed by atoms with Crippen LogP contribution in [0.1, 0.15) is 19.7 Å². The Morgan fingerprint density at radius 2 is 2.00 bits per heavy atom. The molecule has 4 nitrogen and oxygen atoms in total. The van der Waals surface area contributed by atoms with E-state index in [1.807, 2.05) is 28.8 Å². The summed E-state index contributed by atoms with van der Waals surface area (Å²) in [6, 6.07) is 7.92. The lowest BCUT2D eigenvalue weighted by Crippen LogP contribution is -2.27. The molecule has 0 atom stereocenters. The lowest BCUT2D eigenvalue weighted by Gasteiger charge is -2.20. The molecule has 0 aliphatic heterocycles. The first-order valence-corrected chi connectivity index (χ1v) is 7.04. The van der Waals surface area contributed by atoms with Crippen LogP contribution in [0.2, 0.25) is 0 Å². The Morgan fingerprint density at radius 3 is 2.70 bits per heavy atom. The van der Waals surface area contributed by atoms with Gasteiger partial charge in [0.1, 0.15) is 11.3 Å². The molecular weight excluding hydrogens is 274 g/mol. The lowest BCUT2D eigenvalue weighted by molar-refractivity contribution is 0.0620. The van der Waals surface area contributed by atoms with Gasteiger partial charge in [-0.3, -0.25) is 4.98 Å². The Morgan fingerprint density at radius 1 is 1.25 bits per heavy atom. The molecule has 0 bridgehead atoms. The number of nitrogens with zero attached hydrogens (tertiary/aromatic N) is 3. The molecule has 3 rings (SSSR count). The Kier molecular flexibility index (Phi) is 3.15. The van der Waals surface area contributed by atoms with Crippen LogP contribution in [0.5, 0.6) is 0 Å². The highest BCUT2D eigenvalue weighted by Gasteiger charge is 2.20. The summed E-state index contributed by atoms with van der Waals surface area (Å²) in [5.41, 5.74) is 1.87. The van der Waals surface area contributed by atoms with Gasteiger partial charge in [-0.25, -0.2) is 4.98 Å². The fourth-order valence-corrected chi connectivity index (χ4v) is 2.67. The van der Waals surface area contributed by atoms with E-state index in [2.05, 4.69) is 9.97 Å². The van der Waals surface area contributed by atoms with Crippen LogP contribution < -0.4 is 0 Å². The molecule has 2 heterocycles. The number of alkyl halides is 1. The Balaban J connectivity index is 2.37. The van der Waals surface area contributed by atoms with E-state index < -0.39 is 5.60 Å². The van der Waals surface area contributed by atoms with Crippen LogP contribution in [-0.2, 0) is 12.4 Å². The van der Waals surface area contributed by atoms with E-state index >= 15 is 0 Å². The van der Waals surface area contributed by atoms with Crippen molar-refractivity contribution in [2.75, 3.05) is 0 Å². The standard InChI is InChI=1S/C15H16ClN3O/c1-15(2,20)9-19-13(7-16)18-12-8-17-11-6-4-3-5-10(11)14(12)19/h3-6,8,20H,7,9H2,1-2H3. The maximum absolute atomic E-state index is 10.1. The quantitative estimate of drug-likeness (QED) is 0.754. The van der Waals surface area contributed by atoms with Gasteiger partial charge < -0.3 is 9.67 Å². The van der Waals surface area contributed by atoms with Gasteiger partial charge in [0, 0.05) is 5.39 Å². The van der Waals surface area contributed by atoms with Gasteiger partial charge in [-0.2, -0.15) is 0 Å². The van der Waals surface area contributed by atoms with E-state index in [0.29, 0.717) is 12.4 Å². The number of aromatic nitrogens is 3. The number of hydrogen-bond acceptors (Lipinski definition) is 3. The van der Waals surface area contributed by atoms with Crippen molar-refractivity contribution in [1.29, 1.82) is 0 Å². The molecule has 0 aliphatic rings. The summed E-state index contributed by atoms with van der Waals surface area (Å²) < 4.78 is 1.99. The highest BCUT2D eigenvalue weighted by molar-refractivity contribution is 6.17. The maximum Gasteiger partial charge on any atom is 0.125 e. The summed E-state index contributed by atoms with van der Waals surface area (Å²) in [6.07, 6.45) is 1.76. The van der Waals surface area contributed by atoms with Crippen molar-refractivity contribution in [3.8, 4) is 0 Å². The zero-order valence-electron chi connectivity index (χ0n) is 11.5. The summed E-state index contributed by atoms with van der Waals surface area (Å²) in [7, 11) is 0. The van der Waals surface area contributed by atoms with E-state index in [4.69, 9.17) is 11.6 Å². The van der Waals surface area contributed by atoms with Crippen molar-refractivity contribution in [3.05, 3.63) is 36.3 Å². The molecule has 0 saturated carbocycles. The van der Waals surface area contributed by atoms with Gasteiger partial charge in [-0.05, 0) is 19.9 Å². The van der Waals surface area contributed by atoms with Gasteiger partial charge in [0.25, 0.3) is 0 Å². The van der Waals surface area contributed by atoms with Crippen LogP contribution in [0.4, 0.5) is 0 Å². The molecule has 0 fully saturated rings. The van der Waals surface area contributed by atoms with Crippen LogP contribution in [0.3, 0.4) is 0 Å². The monoisotopic (exact) mass is 289 g/mol. The topological polar surface area (TPSA) is 50.9 Å². The molecular formula is C15H16ClN3O. The van der Waals surface area contributed by atoms with E-state index in [-0.39, 0.29) is 0 Å². The summed E-state index contributed by atoms with van der Waals surface area (Å²) in [4.78, 5) is 8.94. The number of aliphatic hydroxyl groups is 1. The molecule has 0 spiro atoms. The molecule has 104 valence electrons. The number of hydrogen-bond donors (Lipinski definition) is 1. The third kappa shape index (κ3) is 2.25. The molecule has 3 aromatic rings. The lowest BCUT2D eigenvalue weighted by atomic mass is 10.1. The third-order valence-electron chi connectivity index (χ3n) is 3.22. The van der Waals surface area contributed by atoms with Crippen LogP contribution in [-0.4, -0.2) is 25.2 Å². The van der Waals surface area contributed by atoms with Crippen molar-refractivity contribution in [2.45, 2.75) is 31.9 Å². The highest BCUT2D eigenvalue weighted by Crippen LogP contribution is 2.26. The number of imidazole rings is 1. The highest BCUT2D eigenvalue weighted by atomic mass is 35.5. The minimum Gasteiger partial charge on any atom is -0.389 e. The molecule has 0 aliphatic carbocycles. The van der Waals surface area contributed by atoms with Gasteiger partial charge in [0.15, 0.2) is 0 Å².